The first kappa shape index (κ1) is 22.4. The van der Waals surface area contributed by atoms with E-state index in [9.17, 15) is 14.3 Å². The minimum atomic E-state index is -0.315. The molecule has 2 atom stereocenters. The van der Waals surface area contributed by atoms with Crippen LogP contribution < -0.4 is 16.0 Å². The third kappa shape index (κ3) is 4.77. The number of anilines is 1. The zero-order valence-electron chi connectivity index (χ0n) is 19.3. The number of nitrogens with one attached hydrogen (secondary N) is 3. The Balaban J connectivity index is 1.33. The van der Waals surface area contributed by atoms with Crippen molar-refractivity contribution in [3.05, 3.63) is 93.8 Å². The van der Waals surface area contributed by atoms with Crippen LogP contribution in [0.1, 0.15) is 45.8 Å². The van der Waals surface area contributed by atoms with Gasteiger partial charge in [-0.25, -0.2) is 4.39 Å². The highest BCUT2D eigenvalue weighted by Gasteiger charge is 2.28. The summed E-state index contributed by atoms with van der Waals surface area (Å²) >= 11 is 0. The Morgan fingerprint density at radius 3 is 2.71 bits per heavy atom. The molecule has 6 heteroatoms. The fraction of sp³-hybridized carbons (Fsp3) is 0.321. The summed E-state index contributed by atoms with van der Waals surface area (Å²) < 4.78 is 13.3. The molecular weight excluding hydrogens is 429 g/mol. The van der Waals surface area contributed by atoms with E-state index in [0.29, 0.717) is 19.4 Å². The topological polar surface area (TPSA) is 73.4 Å². The quantitative estimate of drug-likeness (QED) is 0.473. The molecule has 5 rings (SSSR count). The summed E-state index contributed by atoms with van der Waals surface area (Å²) in [5.41, 5.74) is 7.60. The molecule has 0 fully saturated rings. The Morgan fingerprint density at radius 1 is 1.09 bits per heavy atom. The molecule has 2 aliphatic heterocycles. The third-order valence-corrected chi connectivity index (χ3v) is 6.94. The lowest BCUT2D eigenvalue weighted by Crippen LogP contribution is -2.47. The van der Waals surface area contributed by atoms with Gasteiger partial charge in [0, 0.05) is 12.2 Å². The summed E-state index contributed by atoms with van der Waals surface area (Å²) in [6.45, 7) is 3.48. The van der Waals surface area contributed by atoms with E-state index in [4.69, 9.17) is 0 Å². The summed E-state index contributed by atoms with van der Waals surface area (Å²) in [6, 6.07) is 16.1. The van der Waals surface area contributed by atoms with E-state index in [1.54, 1.807) is 6.07 Å². The van der Waals surface area contributed by atoms with Crippen molar-refractivity contribution in [3.63, 3.8) is 0 Å². The highest BCUT2D eigenvalue weighted by atomic mass is 19.1. The van der Waals surface area contributed by atoms with Gasteiger partial charge in [0.1, 0.15) is 11.6 Å². The Kier molecular flexibility index (Phi) is 6.24. The first-order chi connectivity index (χ1) is 16.5. The number of carbonyl (C=O) groups excluding carboxylic acids is 1. The fourth-order valence-electron chi connectivity index (χ4n) is 5.17. The summed E-state index contributed by atoms with van der Waals surface area (Å²) in [7, 11) is 0. The number of amides is 1. The van der Waals surface area contributed by atoms with Crippen LogP contribution in [0.2, 0.25) is 0 Å². The molecular formula is C28H30FN3O2. The van der Waals surface area contributed by atoms with E-state index in [1.165, 1.54) is 12.1 Å². The second kappa shape index (κ2) is 9.47. The van der Waals surface area contributed by atoms with E-state index in [0.717, 1.165) is 58.5 Å². The summed E-state index contributed by atoms with van der Waals surface area (Å²) in [5, 5.41) is 20.1. The molecule has 4 N–H and O–H groups in total. The molecule has 0 radical (unpaired) electrons. The Bertz CT molecular complexity index is 1210. The molecule has 0 aliphatic carbocycles. The molecule has 0 aromatic heterocycles. The van der Waals surface area contributed by atoms with Crippen molar-refractivity contribution in [2.75, 3.05) is 18.4 Å². The number of benzene rings is 3. The summed E-state index contributed by atoms with van der Waals surface area (Å²) in [4.78, 5) is 13.3. The van der Waals surface area contributed by atoms with Gasteiger partial charge < -0.3 is 21.1 Å². The Morgan fingerprint density at radius 2 is 1.88 bits per heavy atom. The predicted molar refractivity (Wildman–Crippen MR) is 132 cm³/mol. The number of fused-ring (bicyclic) bond motifs is 2. The molecule has 3 aromatic rings. The van der Waals surface area contributed by atoms with Crippen molar-refractivity contribution in [3.8, 4) is 5.75 Å². The van der Waals surface area contributed by atoms with Crippen LogP contribution in [0.5, 0.6) is 5.75 Å². The minimum Gasteiger partial charge on any atom is -0.508 e. The zero-order chi connectivity index (χ0) is 23.7. The van der Waals surface area contributed by atoms with Gasteiger partial charge in [-0.1, -0.05) is 24.3 Å². The fourth-order valence-corrected chi connectivity index (χ4v) is 5.17. The average Bonchev–Trinajstić information content (AvgIpc) is 3.04. The molecule has 0 saturated heterocycles. The highest BCUT2D eigenvalue weighted by Crippen LogP contribution is 2.32. The van der Waals surface area contributed by atoms with Crippen LogP contribution in [-0.4, -0.2) is 30.1 Å². The van der Waals surface area contributed by atoms with Crippen LogP contribution in [0.3, 0.4) is 0 Å². The second-order valence-corrected chi connectivity index (χ2v) is 9.36. The number of phenolic OH excluding ortho intramolecular Hbond substituents is 1. The van der Waals surface area contributed by atoms with Gasteiger partial charge in [0.2, 0.25) is 5.91 Å². The molecule has 2 heterocycles. The maximum absolute atomic E-state index is 13.3. The van der Waals surface area contributed by atoms with E-state index < -0.39 is 0 Å². The van der Waals surface area contributed by atoms with Gasteiger partial charge >= 0.3 is 0 Å². The van der Waals surface area contributed by atoms with Gasteiger partial charge in [-0.15, -0.1) is 0 Å². The van der Waals surface area contributed by atoms with Gasteiger partial charge in [0.15, 0.2) is 0 Å². The number of aryl methyl sites for hydroxylation is 1. The van der Waals surface area contributed by atoms with Crippen molar-refractivity contribution < 1.29 is 14.3 Å². The smallest absolute Gasteiger partial charge is 0.237 e. The largest absolute Gasteiger partial charge is 0.508 e. The maximum atomic E-state index is 13.3. The Hall–Kier alpha value is -3.38. The molecule has 34 heavy (non-hydrogen) atoms. The van der Waals surface area contributed by atoms with E-state index >= 15 is 0 Å². The van der Waals surface area contributed by atoms with Gasteiger partial charge in [0.25, 0.3) is 0 Å². The normalized spacial score (nSPS) is 19.4. The van der Waals surface area contributed by atoms with Crippen molar-refractivity contribution in [2.24, 2.45) is 0 Å². The average molecular weight is 460 g/mol. The number of halogens is 1. The van der Waals surface area contributed by atoms with Crippen LogP contribution in [0, 0.1) is 12.7 Å². The SMILES string of the molecule is Cc1cc(O)cc2c1C[C@@H](C(=O)N[C@H]1CCNc3ccc(Cc4ccc(F)cc4)cc31)NCC2. The van der Waals surface area contributed by atoms with Gasteiger partial charge in [-0.3, -0.25) is 4.79 Å². The van der Waals surface area contributed by atoms with Crippen molar-refractivity contribution in [2.45, 2.75) is 44.7 Å². The molecule has 0 spiro atoms. The molecule has 176 valence electrons. The molecule has 0 unspecified atom stereocenters. The van der Waals surface area contributed by atoms with Crippen LogP contribution in [0.15, 0.2) is 54.6 Å². The van der Waals surface area contributed by atoms with Crippen LogP contribution in [0.25, 0.3) is 0 Å². The lowest BCUT2D eigenvalue weighted by atomic mass is 9.92. The number of rotatable bonds is 4. The first-order valence-corrected chi connectivity index (χ1v) is 11.9. The standard InChI is InChI=1S/C28H30FN3O2/c1-17-12-22(33)15-20-8-10-31-27(16-23(17)20)28(34)32-26-9-11-30-25-7-4-19(14-24(25)26)13-18-2-5-21(29)6-3-18/h2-7,12,14-15,26-27,30-31,33H,8-11,13,16H2,1H3,(H,32,34)/t26-,27-/m0/s1. The first-order valence-electron chi connectivity index (χ1n) is 11.9. The van der Waals surface area contributed by atoms with E-state index in [-0.39, 0.29) is 29.6 Å². The molecule has 2 aliphatic rings. The highest BCUT2D eigenvalue weighted by molar-refractivity contribution is 5.83. The van der Waals surface area contributed by atoms with Crippen LogP contribution in [0.4, 0.5) is 10.1 Å². The maximum Gasteiger partial charge on any atom is 0.237 e. The lowest BCUT2D eigenvalue weighted by molar-refractivity contribution is -0.123. The summed E-state index contributed by atoms with van der Waals surface area (Å²) in [5.74, 6) is 0.0481. The van der Waals surface area contributed by atoms with Crippen molar-refractivity contribution in [1.82, 2.24) is 10.6 Å². The number of hydrogen-bond acceptors (Lipinski definition) is 4. The van der Waals surface area contributed by atoms with Gasteiger partial charge in [0.05, 0.1) is 12.1 Å². The third-order valence-electron chi connectivity index (χ3n) is 6.94. The monoisotopic (exact) mass is 459 g/mol. The van der Waals surface area contributed by atoms with E-state index in [1.807, 2.05) is 25.1 Å². The Labute approximate surface area is 199 Å². The molecule has 1 amide bonds. The van der Waals surface area contributed by atoms with Crippen LogP contribution in [-0.2, 0) is 24.1 Å². The number of aromatic hydroxyl groups is 1. The summed E-state index contributed by atoms with van der Waals surface area (Å²) in [6.07, 6.45) is 2.92. The van der Waals surface area contributed by atoms with Crippen LogP contribution >= 0.6 is 0 Å². The second-order valence-electron chi connectivity index (χ2n) is 9.36. The number of hydrogen-bond donors (Lipinski definition) is 4. The van der Waals surface area contributed by atoms with Crippen molar-refractivity contribution in [1.29, 1.82) is 0 Å². The molecule has 3 aromatic carbocycles. The van der Waals surface area contributed by atoms with E-state index in [2.05, 4.69) is 34.1 Å². The number of phenols is 1. The van der Waals surface area contributed by atoms with Crippen molar-refractivity contribution >= 4 is 11.6 Å². The minimum absolute atomic E-state index is 0.00196. The van der Waals surface area contributed by atoms with Gasteiger partial charge in [-0.2, -0.15) is 0 Å². The zero-order valence-corrected chi connectivity index (χ0v) is 19.3. The lowest BCUT2D eigenvalue weighted by Gasteiger charge is -2.29. The predicted octanol–water partition coefficient (Wildman–Crippen LogP) is 4.16. The molecule has 0 saturated carbocycles. The molecule has 5 nitrogen and oxygen atoms in total. The number of carbonyl (C=O) groups is 1. The van der Waals surface area contributed by atoms with Gasteiger partial charge in [-0.05, 0) is 103 Å². The molecule has 0 bridgehead atoms.